The van der Waals surface area contributed by atoms with Gasteiger partial charge in [0.15, 0.2) is 0 Å². The molecule has 0 aromatic heterocycles. The molecular formula is C21H29ClN2O2. The summed E-state index contributed by atoms with van der Waals surface area (Å²) in [6.07, 6.45) is 4.55. The Kier molecular flexibility index (Phi) is 7.30. The van der Waals surface area contributed by atoms with Crippen molar-refractivity contribution < 1.29 is 9.53 Å². The van der Waals surface area contributed by atoms with Crippen LogP contribution in [-0.4, -0.2) is 25.6 Å². The van der Waals surface area contributed by atoms with Gasteiger partial charge in [-0.3, -0.25) is 4.79 Å². The van der Waals surface area contributed by atoms with Crippen molar-refractivity contribution in [2.45, 2.75) is 44.6 Å². The Morgan fingerprint density at radius 1 is 1.19 bits per heavy atom. The first-order valence-electron chi connectivity index (χ1n) is 9.20. The van der Waals surface area contributed by atoms with E-state index in [0.29, 0.717) is 12.5 Å². The molecule has 0 heterocycles. The maximum Gasteiger partial charge on any atom is 0.227 e. The average molecular weight is 377 g/mol. The zero-order valence-corrected chi connectivity index (χ0v) is 16.4. The van der Waals surface area contributed by atoms with Crippen LogP contribution in [0.4, 0.5) is 0 Å². The second kappa shape index (κ2) is 9.24. The van der Waals surface area contributed by atoms with Crippen LogP contribution < -0.4 is 15.8 Å². The molecule has 3 N–H and O–H groups in total. The number of carbonyl (C=O) groups is 1. The maximum absolute atomic E-state index is 12.7. The molecule has 0 aliphatic heterocycles. The zero-order chi connectivity index (χ0) is 17.8. The van der Waals surface area contributed by atoms with Crippen molar-refractivity contribution in [3.05, 3.63) is 42.0 Å². The van der Waals surface area contributed by atoms with Gasteiger partial charge in [0.2, 0.25) is 5.91 Å². The number of rotatable bonds is 5. The van der Waals surface area contributed by atoms with E-state index in [9.17, 15) is 4.79 Å². The van der Waals surface area contributed by atoms with Crippen molar-refractivity contribution in [1.82, 2.24) is 5.32 Å². The lowest BCUT2D eigenvalue weighted by molar-refractivity contribution is -0.123. The van der Waals surface area contributed by atoms with Gasteiger partial charge < -0.3 is 15.8 Å². The van der Waals surface area contributed by atoms with E-state index in [1.54, 1.807) is 7.11 Å². The van der Waals surface area contributed by atoms with Crippen LogP contribution in [0.2, 0.25) is 0 Å². The van der Waals surface area contributed by atoms with Crippen molar-refractivity contribution in [3.63, 3.8) is 0 Å². The molecule has 2 aromatic rings. The Balaban J connectivity index is 0.00000243. The Labute approximate surface area is 161 Å². The predicted molar refractivity (Wildman–Crippen MR) is 109 cm³/mol. The van der Waals surface area contributed by atoms with Gasteiger partial charge in [0, 0.05) is 6.04 Å². The van der Waals surface area contributed by atoms with Gasteiger partial charge in [0.25, 0.3) is 0 Å². The van der Waals surface area contributed by atoms with Gasteiger partial charge in [-0.1, -0.05) is 37.1 Å². The average Bonchev–Trinajstić information content (AvgIpc) is 2.66. The minimum atomic E-state index is -0.174. The van der Waals surface area contributed by atoms with E-state index in [2.05, 4.69) is 17.4 Å². The van der Waals surface area contributed by atoms with Gasteiger partial charge >= 0.3 is 0 Å². The first kappa shape index (κ1) is 20.5. The second-order valence-corrected chi connectivity index (χ2v) is 7.09. The summed E-state index contributed by atoms with van der Waals surface area (Å²) in [5.74, 6) is 1.18. The van der Waals surface area contributed by atoms with E-state index in [-0.39, 0.29) is 30.3 Å². The maximum atomic E-state index is 12.7. The largest absolute Gasteiger partial charge is 0.497 e. The first-order valence-corrected chi connectivity index (χ1v) is 9.20. The quantitative estimate of drug-likeness (QED) is 0.828. The van der Waals surface area contributed by atoms with Gasteiger partial charge in [0.1, 0.15) is 5.75 Å². The molecule has 3 atom stereocenters. The molecule has 0 radical (unpaired) electrons. The molecule has 1 saturated carbocycles. The number of methoxy groups -OCH3 is 1. The summed E-state index contributed by atoms with van der Waals surface area (Å²) in [6, 6.07) is 12.4. The van der Waals surface area contributed by atoms with Crippen LogP contribution in [0.5, 0.6) is 5.75 Å². The molecule has 0 saturated heterocycles. The highest BCUT2D eigenvalue weighted by Crippen LogP contribution is 2.27. The third-order valence-electron chi connectivity index (χ3n) is 5.50. The number of hydrogen-bond acceptors (Lipinski definition) is 3. The molecule has 26 heavy (non-hydrogen) atoms. The van der Waals surface area contributed by atoms with Crippen LogP contribution in [-0.2, 0) is 4.79 Å². The second-order valence-electron chi connectivity index (χ2n) is 7.09. The van der Waals surface area contributed by atoms with Crippen LogP contribution >= 0.6 is 12.4 Å². The standard InChI is InChI=1S/C21H28N2O2.ClH/c1-14(21(24)23-20-6-4-3-5-18(20)13-22)15-7-8-17-12-19(25-2)10-9-16(17)11-15;/h7-12,14,18,20H,3-6,13,22H2,1-2H3,(H,23,24);1H. The van der Waals surface area contributed by atoms with Crippen LogP contribution in [0.15, 0.2) is 36.4 Å². The van der Waals surface area contributed by atoms with Crippen molar-refractivity contribution in [2.24, 2.45) is 11.7 Å². The molecular weight excluding hydrogens is 348 g/mol. The van der Waals surface area contributed by atoms with Gasteiger partial charge in [-0.15, -0.1) is 12.4 Å². The SMILES string of the molecule is COc1ccc2cc(C(C)C(=O)NC3CCCCC3CN)ccc2c1.Cl. The van der Waals surface area contributed by atoms with Crippen LogP contribution in [0.1, 0.15) is 44.1 Å². The number of carbonyl (C=O) groups excluding carboxylic acids is 1. The monoisotopic (exact) mass is 376 g/mol. The summed E-state index contributed by atoms with van der Waals surface area (Å²) < 4.78 is 5.27. The molecule has 5 heteroatoms. The topological polar surface area (TPSA) is 64.3 Å². The number of halogens is 1. The van der Waals surface area contributed by atoms with E-state index < -0.39 is 0 Å². The van der Waals surface area contributed by atoms with E-state index in [1.165, 1.54) is 12.8 Å². The third kappa shape index (κ3) is 4.49. The zero-order valence-electron chi connectivity index (χ0n) is 15.5. The van der Waals surface area contributed by atoms with Crippen LogP contribution in [0.25, 0.3) is 10.8 Å². The number of nitrogens with one attached hydrogen (secondary N) is 1. The minimum Gasteiger partial charge on any atom is -0.497 e. The summed E-state index contributed by atoms with van der Waals surface area (Å²) in [6.45, 7) is 2.62. The fourth-order valence-corrected chi connectivity index (χ4v) is 3.78. The van der Waals surface area contributed by atoms with Crippen molar-refractivity contribution in [3.8, 4) is 5.75 Å². The molecule has 2 aromatic carbocycles. The minimum absolute atomic E-state index is 0. The van der Waals surface area contributed by atoms with E-state index in [0.717, 1.165) is 34.9 Å². The predicted octanol–water partition coefficient (Wildman–Crippen LogP) is 4.01. The molecule has 1 fully saturated rings. The lowest BCUT2D eigenvalue weighted by atomic mass is 9.84. The molecule has 1 aliphatic rings. The fraction of sp³-hybridized carbons (Fsp3) is 0.476. The summed E-state index contributed by atoms with van der Waals surface area (Å²) in [5, 5.41) is 5.48. The molecule has 1 amide bonds. The lowest BCUT2D eigenvalue weighted by Gasteiger charge is -2.32. The third-order valence-corrected chi connectivity index (χ3v) is 5.50. The van der Waals surface area contributed by atoms with E-state index in [4.69, 9.17) is 10.5 Å². The van der Waals surface area contributed by atoms with Gasteiger partial charge in [-0.05, 0) is 60.7 Å². The highest BCUT2D eigenvalue weighted by Gasteiger charge is 2.27. The van der Waals surface area contributed by atoms with E-state index >= 15 is 0 Å². The number of nitrogens with two attached hydrogens (primary N) is 1. The number of hydrogen-bond donors (Lipinski definition) is 2. The highest BCUT2D eigenvalue weighted by atomic mass is 35.5. The highest BCUT2D eigenvalue weighted by molar-refractivity contribution is 5.88. The summed E-state index contributed by atoms with van der Waals surface area (Å²) >= 11 is 0. The summed E-state index contributed by atoms with van der Waals surface area (Å²) in [5.41, 5.74) is 6.92. The molecule has 0 bridgehead atoms. The smallest absolute Gasteiger partial charge is 0.227 e. The van der Waals surface area contributed by atoms with Crippen LogP contribution in [0, 0.1) is 5.92 Å². The van der Waals surface area contributed by atoms with Crippen LogP contribution in [0.3, 0.4) is 0 Å². The number of benzene rings is 2. The molecule has 3 rings (SSSR count). The Hall–Kier alpha value is -1.78. The van der Waals surface area contributed by atoms with Crippen molar-refractivity contribution >= 4 is 29.1 Å². The Morgan fingerprint density at radius 2 is 1.88 bits per heavy atom. The lowest BCUT2D eigenvalue weighted by Crippen LogP contribution is -2.46. The number of fused-ring (bicyclic) bond motifs is 1. The summed E-state index contributed by atoms with van der Waals surface area (Å²) in [4.78, 5) is 12.7. The molecule has 4 nitrogen and oxygen atoms in total. The summed E-state index contributed by atoms with van der Waals surface area (Å²) in [7, 11) is 1.67. The van der Waals surface area contributed by atoms with Gasteiger partial charge in [-0.2, -0.15) is 0 Å². The van der Waals surface area contributed by atoms with Gasteiger partial charge in [-0.25, -0.2) is 0 Å². The van der Waals surface area contributed by atoms with E-state index in [1.807, 2.05) is 31.2 Å². The first-order chi connectivity index (χ1) is 12.1. The molecule has 1 aliphatic carbocycles. The Morgan fingerprint density at radius 3 is 2.62 bits per heavy atom. The molecule has 142 valence electrons. The number of amides is 1. The number of ether oxygens (including phenoxy) is 1. The van der Waals surface area contributed by atoms with Crippen molar-refractivity contribution in [1.29, 1.82) is 0 Å². The molecule has 3 unspecified atom stereocenters. The Bertz CT molecular complexity index is 750. The van der Waals surface area contributed by atoms with Gasteiger partial charge in [0.05, 0.1) is 13.0 Å². The van der Waals surface area contributed by atoms with Crippen molar-refractivity contribution in [2.75, 3.05) is 13.7 Å². The molecule has 0 spiro atoms. The normalized spacial score (nSPS) is 20.9. The fourth-order valence-electron chi connectivity index (χ4n) is 3.78.